The van der Waals surface area contributed by atoms with E-state index in [1.165, 1.54) is 0 Å². The van der Waals surface area contributed by atoms with Crippen molar-refractivity contribution in [3.63, 3.8) is 0 Å². The van der Waals surface area contributed by atoms with Gasteiger partial charge in [0.15, 0.2) is 11.5 Å². The Labute approximate surface area is 200 Å². The van der Waals surface area contributed by atoms with Crippen molar-refractivity contribution in [1.82, 2.24) is 14.6 Å². The lowest BCUT2D eigenvalue weighted by molar-refractivity contribution is 0.307. The molecule has 0 bridgehead atoms. The number of para-hydroxylation sites is 1. The Kier molecular flexibility index (Phi) is 6.42. The molecule has 34 heavy (non-hydrogen) atoms. The summed E-state index contributed by atoms with van der Waals surface area (Å²) in [4.78, 5) is 4.94. The summed E-state index contributed by atoms with van der Waals surface area (Å²) in [5, 5.41) is 12.5. The first kappa shape index (κ1) is 21.6. The molecular formula is C26H20N6OS. The van der Waals surface area contributed by atoms with Crippen molar-refractivity contribution in [3.8, 4) is 17.1 Å². The molecule has 166 valence electrons. The first-order chi connectivity index (χ1) is 16.8. The number of fused-ring (bicyclic) bond motifs is 1. The topological polar surface area (TPSA) is 88.2 Å². The molecule has 0 N–H and O–H groups in total. The molecule has 0 aliphatic heterocycles. The second kappa shape index (κ2) is 10.1. The van der Waals surface area contributed by atoms with Crippen LogP contribution in [0.15, 0.2) is 112 Å². The standard InChI is InChI=1S/C26H20N6OS/c27-31-28-16-20-10-4-7-13-24(20)34-21-14-15-25-29-30-26(32(25)17-21)22-11-5-6-12-23(22)33-18-19-8-2-1-3-9-19/h1-15,17H,16,18H2. The number of azide groups is 1. The molecule has 0 spiro atoms. The van der Waals surface area contributed by atoms with Gasteiger partial charge in [0.1, 0.15) is 12.4 Å². The normalized spacial score (nSPS) is 10.7. The maximum absolute atomic E-state index is 8.69. The number of hydrogen-bond acceptors (Lipinski definition) is 5. The third kappa shape index (κ3) is 4.73. The third-order valence-corrected chi connectivity index (χ3v) is 6.34. The maximum Gasteiger partial charge on any atom is 0.172 e. The molecule has 2 aromatic heterocycles. The molecular weight excluding hydrogens is 444 g/mol. The van der Waals surface area contributed by atoms with E-state index in [-0.39, 0.29) is 0 Å². The van der Waals surface area contributed by atoms with Crippen LogP contribution in [0, 0.1) is 0 Å². The van der Waals surface area contributed by atoms with Crippen LogP contribution < -0.4 is 4.74 Å². The third-order valence-electron chi connectivity index (χ3n) is 5.25. The molecule has 0 amide bonds. The fraction of sp³-hybridized carbons (Fsp3) is 0.0769. The second-order valence-corrected chi connectivity index (χ2v) is 8.60. The minimum atomic E-state index is 0.311. The largest absolute Gasteiger partial charge is 0.488 e. The van der Waals surface area contributed by atoms with Crippen molar-refractivity contribution in [2.75, 3.05) is 0 Å². The van der Waals surface area contributed by atoms with Crippen LogP contribution in [0.1, 0.15) is 11.1 Å². The van der Waals surface area contributed by atoms with E-state index in [2.05, 4.69) is 20.2 Å². The van der Waals surface area contributed by atoms with Gasteiger partial charge in [-0.1, -0.05) is 77.5 Å². The lowest BCUT2D eigenvalue weighted by Gasteiger charge is -2.11. The molecule has 0 atom stereocenters. The first-order valence-electron chi connectivity index (χ1n) is 10.7. The van der Waals surface area contributed by atoms with Crippen LogP contribution in [-0.4, -0.2) is 14.6 Å². The number of benzene rings is 3. The van der Waals surface area contributed by atoms with Gasteiger partial charge in [-0.2, -0.15) is 0 Å². The van der Waals surface area contributed by atoms with Gasteiger partial charge in [0.2, 0.25) is 0 Å². The number of nitrogens with zero attached hydrogens (tertiary/aromatic N) is 6. The van der Waals surface area contributed by atoms with Crippen molar-refractivity contribution in [2.24, 2.45) is 5.11 Å². The van der Waals surface area contributed by atoms with Crippen molar-refractivity contribution in [3.05, 3.63) is 119 Å². The second-order valence-electron chi connectivity index (χ2n) is 7.49. The summed E-state index contributed by atoms with van der Waals surface area (Å²) in [7, 11) is 0. The number of hydrogen-bond donors (Lipinski definition) is 0. The van der Waals surface area contributed by atoms with Gasteiger partial charge >= 0.3 is 0 Å². The molecule has 0 fully saturated rings. The van der Waals surface area contributed by atoms with Gasteiger partial charge in [-0.3, -0.25) is 4.40 Å². The van der Waals surface area contributed by atoms with E-state index in [0.29, 0.717) is 19.0 Å². The average molecular weight is 465 g/mol. The highest BCUT2D eigenvalue weighted by Gasteiger charge is 2.14. The Bertz CT molecular complexity index is 1480. The van der Waals surface area contributed by atoms with Crippen LogP contribution in [-0.2, 0) is 13.2 Å². The van der Waals surface area contributed by atoms with Gasteiger partial charge in [0, 0.05) is 20.9 Å². The Morgan fingerprint density at radius 2 is 1.68 bits per heavy atom. The Morgan fingerprint density at radius 3 is 2.56 bits per heavy atom. The van der Waals surface area contributed by atoms with Crippen LogP contribution in [0.4, 0.5) is 0 Å². The highest BCUT2D eigenvalue weighted by atomic mass is 32.2. The SMILES string of the molecule is [N-]=[N+]=NCc1ccccc1Sc1ccc2nnc(-c3ccccc3OCc3ccccc3)n2c1. The summed E-state index contributed by atoms with van der Waals surface area (Å²) < 4.78 is 8.12. The zero-order valence-corrected chi connectivity index (χ0v) is 19.0. The molecule has 5 aromatic rings. The number of ether oxygens (including phenoxy) is 1. The molecule has 7 nitrogen and oxygen atoms in total. The average Bonchev–Trinajstić information content (AvgIpc) is 3.31. The molecule has 0 aliphatic carbocycles. The fourth-order valence-electron chi connectivity index (χ4n) is 3.60. The molecule has 3 aromatic carbocycles. The quantitative estimate of drug-likeness (QED) is 0.141. The minimum absolute atomic E-state index is 0.311. The molecule has 2 heterocycles. The van der Waals surface area contributed by atoms with E-state index in [4.69, 9.17) is 10.3 Å². The minimum Gasteiger partial charge on any atom is -0.488 e. The highest BCUT2D eigenvalue weighted by molar-refractivity contribution is 7.99. The molecule has 0 saturated carbocycles. The highest BCUT2D eigenvalue weighted by Crippen LogP contribution is 2.33. The summed E-state index contributed by atoms with van der Waals surface area (Å²) in [6.45, 7) is 0.781. The van der Waals surface area contributed by atoms with E-state index < -0.39 is 0 Å². The molecule has 0 unspecified atom stereocenters. The number of aromatic nitrogens is 3. The van der Waals surface area contributed by atoms with Crippen molar-refractivity contribution < 1.29 is 4.74 Å². The smallest absolute Gasteiger partial charge is 0.172 e. The number of pyridine rings is 1. The van der Waals surface area contributed by atoms with E-state index in [1.807, 2.05) is 102 Å². The number of rotatable bonds is 8. The zero-order valence-electron chi connectivity index (χ0n) is 18.2. The molecule has 0 radical (unpaired) electrons. The van der Waals surface area contributed by atoms with Crippen LogP contribution in [0.25, 0.3) is 27.5 Å². The van der Waals surface area contributed by atoms with Crippen LogP contribution in [0.5, 0.6) is 5.75 Å². The van der Waals surface area contributed by atoms with Crippen LogP contribution in [0.3, 0.4) is 0 Å². The maximum atomic E-state index is 8.69. The van der Waals surface area contributed by atoms with E-state index in [1.54, 1.807) is 11.8 Å². The van der Waals surface area contributed by atoms with Crippen molar-refractivity contribution in [2.45, 2.75) is 22.9 Å². The van der Waals surface area contributed by atoms with Crippen molar-refractivity contribution >= 4 is 17.4 Å². The van der Waals surface area contributed by atoms with Gasteiger partial charge < -0.3 is 4.74 Å². The van der Waals surface area contributed by atoms with Gasteiger partial charge in [0.25, 0.3) is 0 Å². The van der Waals surface area contributed by atoms with Gasteiger partial charge in [-0.05, 0) is 47.0 Å². The van der Waals surface area contributed by atoms with Crippen molar-refractivity contribution in [1.29, 1.82) is 0 Å². The molecule has 8 heteroatoms. The Balaban J connectivity index is 1.46. The van der Waals surface area contributed by atoms with Crippen LogP contribution >= 0.6 is 11.8 Å². The molecule has 5 rings (SSSR count). The summed E-state index contributed by atoms with van der Waals surface area (Å²) in [5.41, 5.74) is 12.4. The predicted molar refractivity (Wildman–Crippen MR) is 133 cm³/mol. The van der Waals surface area contributed by atoms with Gasteiger partial charge in [0.05, 0.1) is 12.1 Å². The lowest BCUT2D eigenvalue weighted by Crippen LogP contribution is -1.98. The van der Waals surface area contributed by atoms with Crippen LogP contribution in [0.2, 0.25) is 0 Å². The van der Waals surface area contributed by atoms with Gasteiger partial charge in [-0.15, -0.1) is 10.2 Å². The summed E-state index contributed by atoms with van der Waals surface area (Å²) in [6.07, 6.45) is 2.02. The molecule has 0 saturated heterocycles. The summed E-state index contributed by atoms with van der Waals surface area (Å²) >= 11 is 1.61. The molecule has 0 aliphatic rings. The van der Waals surface area contributed by atoms with E-state index >= 15 is 0 Å². The van der Waals surface area contributed by atoms with Gasteiger partial charge in [-0.25, -0.2) is 0 Å². The lowest BCUT2D eigenvalue weighted by atomic mass is 10.2. The Morgan fingerprint density at radius 1 is 0.882 bits per heavy atom. The Hall–Kier alpha value is -4.26. The first-order valence-corrected chi connectivity index (χ1v) is 11.5. The van der Waals surface area contributed by atoms with E-state index in [9.17, 15) is 0 Å². The predicted octanol–water partition coefficient (Wildman–Crippen LogP) is 6.94. The fourth-order valence-corrected chi connectivity index (χ4v) is 4.56. The summed E-state index contributed by atoms with van der Waals surface area (Å²) in [6, 6.07) is 29.8. The monoisotopic (exact) mass is 464 g/mol. The zero-order chi connectivity index (χ0) is 23.2. The summed E-state index contributed by atoms with van der Waals surface area (Å²) in [5.74, 6) is 1.46. The van der Waals surface area contributed by atoms with E-state index in [0.717, 1.165) is 37.9 Å².